The lowest BCUT2D eigenvalue weighted by molar-refractivity contribution is 0.0693. The Labute approximate surface area is 159 Å². The molecule has 0 spiro atoms. The van der Waals surface area contributed by atoms with Gasteiger partial charge in [0.05, 0.1) is 10.5 Å². The van der Waals surface area contributed by atoms with Crippen LogP contribution in [-0.4, -0.2) is 49.7 Å². The molecule has 0 aromatic heterocycles. The van der Waals surface area contributed by atoms with E-state index in [1.54, 1.807) is 0 Å². The van der Waals surface area contributed by atoms with E-state index in [0.717, 1.165) is 22.5 Å². The summed E-state index contributed by atoms with van der Waals surface area (Å²) >= 11 is 5.79. The molecule has 1 aliphatic heterocycles. The fraction of sp³-hybridized carbons (Fsp3) is 0.235. The SMILES string of the molecule is O=C(c1cc(Cl)ccc1F)N1CCN(S(=O)(=O)c2ccc(F)c(F)c2)CC1. The van der Waals surface area contributed by atoms with Crippen molar-refractivity contribution in [3.05, 3.63) is 64.4 Å². The van der Waals surface area contributed by atoms with Crippen LogP contribution in [0, 0.1) is 17.5 Å². The predicted molar refractivity (Wildman–Crippen MR) is 92.4 cm³/mol. The van der Waals surface area contributed by atoms with Crippen LogP contribution in [0.1, 0.15) is 10.4 Å². The zero-order valence-corrected chi connectivity index (χ0v) is 15.4. The molecule has 1 saturated heterocycles. The average Bonchev–Trinajstić information content (AvgIpc) is 2.65. The highest BCUT2D eigenvalue weighted by molar-refractivity contribution is 7.89. The third kappa shape index (κ3) is 3.95. The molecule has 5 nitrogen and oxygen atoms in total. The number of carbonyl (C=O) groups is 1. The van der Waals surface area contributed by atoms with Gasteiger partial charge in [-0.15, -0.1) is 0 Å². The monoisotopic (exact) mass is 418 g/mol. The van der Waals surface area contributed by atoms with Crippen LogP contribution in [0.4, 0.5) is 13.2 Å². The van der Waals surface area contributed by atoms with E-state index in [1.807, 2.05) is 0 Å². The highest BCUT2D eigenvalue weighted by atomic mass is 35.5. The second kappa shape index (κ2) is 7.49. The summed E-state index contributed by atoms with van der Waals surface area (Å²) in [4.78, 5) is 13.4. The molecule has 0 atom stereocenters. The molecule has 2 aromatic rings. The Balaban J connectivity index is 1.73. The van der Waals surface area contributed by atoms with Gasteiger partial charge < -0.3 is 4.90 Å². The van der Waals surface area contributed by atoms with Gasteiger partial charge in [0.1, 0.15) is 5.82 Å². The van der Waals surface area contributed by atoms with Crippen LogP contribution >= 0.6 is 11.6 Å². The topological polar surface area (TPSA) is 57.7 Å². The fourth-order valence-corrected chi connectivity index (χ4v) is 4.36. The number of hydrogen-bond donors (Lipinski definition) is 0. The molecule has 27 heavy (non-hydrogen) atoms. The van der Waals surface area contributed by atoms with E-state index in [1.165, 1.54) is 17.0 Å². The molecule has 0 radical (unpaired) electrons. The molecule has 1 heterocycles. The molecule has 1 aliphatic rings. The maximum absolute atomic E-state index is 13.9. The summed E-state index contributed by atoms with van der Waals surface area (Å²) in [5.74, 6) is -3.73. The highest BCUT2D eigenvalue weighted by Crippen LogP contribution is 2.22. The first-order valence-electron chi connectivity index (χ1n) is 7.89. The van der Waals surface area contributed by atoms with Crippen LogP contribution in [-0.2, 0) is 10.0 Å². The predicted octanol–water partition coefficient (Wildman–Crippen LogP) is 2.90. The molecular formula is C17H14ClF3N2O3S. The van der Waals surface area contributed by atoms with Gasteiger partial charge in [0.15, 0.2) is 11.6 Å². The third-order valence-corrected chi connectivity index (χ3v) is 6.34. The summed E-state index contributed by atoms with van der Waals surface area (Å²) in [5.41, 5.74) is -0.195. The van der Waals surface area contributed by atoms with E-state index >= 15 is 0 Å². The van der Waals surface area contributed by atoms with Crippen molar-refractivity contribution in [1.82, 2.24) is 9.21 Å². The molecule has 3 rings (SSSR count). The zero-order valence-electron chi connectivity index (χ0n) is 13.8. The molecule has 144 valence electrons. The van der Waals surface area contributed by atoms with E-state index in [-0.39, 0.29) is 41.7 Å². The number of hydrogen-bond acceptors (Lipinski definition) is 3. The number of amides is 1. The summed E-state index contributed by atoms with van der Waals surface area (Å²) in [6, 6.07) is 5.95. The molecule has 0 N–H and O–H groups in total. The maximum Gasteiger partial charge on any atom is 0.256 e. The van der Waals surface area contributed by atoms with E-state index in [9.17, 15) is 26.4 Å². The largest absolute Gasteiger partial charge is 0.336 e. The van der Waals surface area contributed by atoms with Gasteiger partial charge in [-0.2, -0.15) is 4.31 Å². The van der Waals surface area contributed by atoms with Gasteiger partial charge in [0.25, 0.3) is 5.91 Å². The quantitative estimate of drug-likeness (QED) is 0.770. The average molecular weight is 419 g/mol. The lowest BCUT2D eigenvalue weighted by Gasteiger charge is -2.34. The Morgan fingerprint density at radius 3 is 2.15 bits per heavy atom. The minimum atomic E-state index is -4.04. The van der Waals surface area contributed by atoms with Gasteiger partial charge in [-0.05, 0) is 36.4 Å². The Morgan fingerprint density at radius 2 is 1.52 bits per heavy atom. The number of benzene rings is 2. The summed E-state index contributed by atoms with van der Waals surface area (Å²) in [6.45, 7) is -0.0775. The summed E-state index contributed by atoms with van der Waals surface area (Å²) in [5, 5.41) is 0.208. The Morgan fingerprint density at radius 1 is 0.889 bits per heavy atom. The van der Waals surface area contributed by atoms with Crippen LogP contribution in [0.15, 0.2) is 41.3 Å². The molecule has 0 bridgehead atoms. The van der Waals surface area contributed by atoms with E-state index in [4.69, 9.17) is 11.6 Å². The third-order valence-electron chi connectivity index (χ3n) is 4.21. The lowest BCUT2D eigenvalue weighted by Crippen LogP contribution is -2.50. The van der Waals surface area contributed by atoms with Gasteiger partial charge in [-0.25, -0.2) is 21.6 Å². The van der Waals surface area contributed by atoms with E-state index in [2.05, 4.69) is 0 Å². The van der Waals surface area contributed by atoms with Gasteiger partial charge in [0, 0.05) is 31.2 Å². The first kappa shape index (κ1) is 19.7. The zero-order chi connectivity index (χ0) is 19.8. The van der Waals surface area contributed by atoms with Crippen LogP contribution in [0.3, 0.4) is 0 Å². The lowest BCUT2D eigenvalue weighted by atomic mass is 10.1. The Hall–Kier alpha value is -2.10. The first-order chi connectivity index (χ1) is 12.7. The second-order valence-electron chi connectivity index (χ2n) is 5.90. The van der Waals surface area contributed by atoms with Crippen molar-refractivity contribution in [2.24, 2.45) is 0 Å². The molecule has 0 aliphatic carbocycles. The standard InChI is InChI=1S/C17H14ClF3N2O3S/c18-11-1-3-14(19)13(9-11)17(24)22-5-7-23(8-6-22)27(25,26)12-2-4-15(20)16(21)10-12/h1-4,9-10H,5-8H2. The molecule has 0 saturated carbocycles. The van der Waals surface area contributed by atoms with Crippen molar-refractivity contribution in [3.8, 4) is 0 Å². The van der Waals surface area contributed by atoms with Crippen molar-refractivity contribution in [2.45, 2.75) is 4.90 Å². The number of nitrogens with zero attached hydrogens (tertiary/aromatic N) is 2. The van der Waals surface area contributed by atoms with Crippen LogP contribution in [0.2, 0.25) is 5.02 Å². The van der Waals surface area contributed by atoms with Gasteiger partial charge in [0.2, 0.25) is 10.0 Å². The second-order valence-corrected chi connectivity index (χ2v) is 8.27. The normalized spacial score (nSPS) is 15.8. The van der Waals surface area contributed by atoms with Crippen molar-refractivity contribution >= 4 is 27.5 Å². The van der Waals surface area contributed by atoms with Crippen LogP contribution in [0.25, 0.3) is 0 Å². The number of carbonyl (C=O) groups excluding carboxylic acids is 1. The number of sulfonamides is 1. The minimum absolute atomic E-state index is 0.0215. The molecule has 2 aromatic carbocycles. The van der Waals surface area contributed by atoms with Crippen LogP contribution in [0.5, 0.6) is 0 Å². The maximum atomic E-state index is 13.9. The summed E-state index contributed by atoms with van der Waals surface area (Å²) < 4.78 is 66.4. The van der Waals surface area contributed by atoms with Gasteiger partial charge in [-0.3, -0.25) is 4.79 Å². The van der Waals surface area contributed by atoms with Crippen molar-refractivity contribution in [2.75, 3.05) is 26.2 Å². The summed E-state index contributed by atoms with van der Waals surface area (Å²) in [6.07, 6.45) is 0. The number of halogens is 4. The van der Waals surface area contributed by atoms with E-state index < -0.39 is 33.4 Å². The highest BCUT2D eigenvalue weighted by Gasteiger charge is 2.31. The Kier molecular flexibility index (Phi) is 5.45. The first-order valence-corrected chi connectivity index (χ1v) is 9.71. The Bertz CT molecular complexity index is 993. The van der Waals surface area contributed by atoms with Crippen LogP contribution < -0.4 is 0 Å². The van der Waals surface area contributed by atoms with Gasteiger partial charge in [-0.1, -0.05) is 11.6 Å². The fourth-order valence-electron chi connectivity index (χ4n) is 2.75. The molecule has 0 unspecified atom stereocenters. The van der Waals surface area contributed by atoms with E-state index in [0.29, 0.717) is 6.07 Å². The van der Waals surface area contributed by atoms with Crippen molar-refractivity contribution in [3.63, 3.8) is 0 Å². The number of rotatable bonds is 3. The minimum Gasteiger partial charge on any atom is -0.336 e. The molecule has 1 fully saturated rings. The van der Waals surface area contributed by atoms with Crippen molar-refractivity contribution in [1.29, 1.82) is 0 Å². The summed E-state index contributed by atoms with van der Waals surface area (Å²) in [7, 11) is -4.04. The number of piperazine rings is 1. The molecule has 1 amide bonds. The van der Waals surface area contributed by atoms with Crippen molar-refractivity contribution < 1.29 is 26.4 Å². The van der Waals surface area contributed by atoms with Gasteiger partial charge >= 0.3 is 0 Å². The molecular weight excluding hydrogens is 405 g/mol. The molecule has 10 heteroatoms. The smallest absolute Gasteiger partial charge is 0.256 e.